The zero-order chi connectivity index (χ0) is 14.3. The first kappa shape index (κ1) is 12.7. The van der Waals surface area contributed by atoms with Crippen LogP contribution in [-0.2, 0) is 6.18 Å². The minimum atomic E-state index is -4.55. The number of carbonyl (C=O) groups is 1. The third-order valence-electron chi connectivity index (χ3n) is 2.54. The molecule has 0 saturated heterocycles. The van der Waals surface area contributed by atoms with Crippen LogP contribution in [0.3, 0.4) is 0 Å². The number of hydrogen-bond acceptors (Lipinski definition) is 5. The SMILES string of the molecule is O=C(c1cnc(C(F)(F)F)s1)c1cnn2ccncc12. The maximum atomic E-state index is 12.5. The van der Waals surface area contributed by atoms with E-state index in [2.05, 4.69) is 15.1 Å². The van der Waals surface area contributed by atoms with E-state index in [4.69, 9.17) is 0 Å². The molecule has 0 aliphatic rings. The maximum Gasteiger partial charge on any atom is 0.443 e. The van der Waals surface area contributed by atoms with Crippen LogP contribution in [0.2, 0.25) is 0 Å². The summed E-state index contributed by atoms with van der Waals surface area (Å²) < 4.78 is 38.8. The molecule has 3 aromatic heterocycles. The zero-order valence-corrected chi connectivity index (χ0v) is 10.4. The summed E-state index contributed by atoms with van der Waals surface area (Å²) in [4.78, 5) is 19.2. The highest BCUT2D eigenvalue weighted by Crippen LogP contribution is 2.33. The summed E-state index contributed by atoms with van der Waals surface area (Å²) in [5.74, 6) is -0.555. The van der Waals surface area contributed by atoms with Crippen molar-refractivity contribution in [3.63, 3.8) is 0 Å². The largest absolute Gasteiger partial charge is 0.443 e. The Morgan fingerprint density at radius 3 is 2.75 bits per heavy atom. The molecule has 3 rings (SSSR count). The molecule has 0 amide bonds. The van der Waals surface area contributed by atoms with Crippen molar-refractivity contribution in [1.29, 1.82) is 0 Å². The van der Waals surface area contributed by atoms with E-state index in [-0.39, 0.29) is 10.4 Å². The predicted octanol–water partition coefficient (Wildman–Crippen LogP) is 2.44. The predicted molar refractivity (Wildman–Crippen MR) is 63.5 cm³/mol. The number of thiazole rings is 1. The second kappa shape index (κ2) is 4.37. The van der Waals surface area contributed by atoms with Crippen molar-refractivity contribution in [1.82, 2.24) is 19.6 Å². The van der Waals surface area contributed by atoms with E-state index in [0.717, 1.165) is 6.20 Å². The zero-order valence-electron chi connectivity index (χ0n) is 9.63. The van der Waals surface area contributed by atoms with Gasteiger partial charge in [-0.3, -0.25) is 9.78 Å². The lowest BCUT2D eigenvalue weighted by Gasteiger charge is -1.99. The summed E-state index contributed by atoms with van der Waals surface area (Å²) >= 11 is 0.312. The molecule has 20 heavy (non-hydrogen) atoms. The Kier molecular flexibility index (Phi) is 2.78. The molecule has 0 radical (unpaired) electrons. The van der Waals surface area contributed by atoms with Gasteiger partial charge in [0.1, 0.15) is 0 Å². The Morgan fingerprint density at radius 1 is 1.25 bits per heavy atom. The van der Waals surface area contributed by atoms with Gasteiger partial charge in [0.25, 0.3) is 0 Å². The van der Waals surface area contributed by atoms with Crippen LogP contribution in [0.25, 0.3) is 5.52 Å². The quantitative estimate of drug-likeness (QED) is 0.682. The third kappa shape index (κ3) is 2.05. The second-order valence-electron chi connectivity index (χ2n) is 3.82. The second-order valence-corrected chi connectivity index (χ2v) is 4.85. The highest BCUT2D eigenvalue weighted by Gasteiger charge is 2.35. The summed E-state index contributed by atoms with van der Waals surface area (Å²) in [6, 6.07) is 0. The fourth-order valence-electron chi connectivity index (χ4n) is 1.65. The van der Waals surface area contributed by atoms with Crippen LogP contribution < -0.4 is 0 Å². The lowest BCUT2D eigenvalue weighted by atomic mass is 10.2. The van der Waals surface area contributed by atoms with Crippen LogP contribution in [0.5, 0.6) is 0 Å². The number of ketones is 1. The molecule has 0 saturated carbocycles. The monoisotopic (exact) mass is 298 g/mol. The third-order valence-corrected chi connectivity index (χ3v) is 3.58. The average Bonchev–Trinajstić information content (AvgIpc) is 3.04. The minimum absolute atomic E-state index is 0.0870. The molecule has 0 aromatic carbocycles. The first-order valence-electron chi connectivity index (χ1n) is 5.32. The van der Waals surface area contributed by atoms with E-state index < -0.39 is 17.0 Å². The van der Waals surface area contributed by atoms with Crippen molar-refractivity contribution in [2.75, 3.05) is 0 Å². The number of fused-ring (bicyclic) bond motifs is 1. The van der Waals surface area contributed by atoms with Crippen LogP contribution in [0.1, 0.15) is 20.2 Å². The molecule has 0 atom stereocenters. The number of hydrogen-bond donors (Lipinski definition) is 0. The standard InChI is InChI=1S/C11H5F3N4OS/c12-11(13,14)10-16-5-8(20-10)9(19)6-3-17-18-2-1-15-4-7(6)18/h1-5H. The Morgan fingerprint density at radius 2 is 2.05 bits per heavy atom. The van der Waals surface area contributed by atoms with Gasteiger partial charge in [0.05, 0.1) is 28.4 Å². The molecule has 5 nitrogen and oxygen atoms in total. The molecule has 0 spiro atoms. The number of nitrogens with zero attached hydrogens (tertiary/aromatic N) is 4. The van der Waals surface area contributed by atoms with Gasteiger partial charge in [-0.25, -0.2) is 9.50 Å². The van der Waals surface area contributed by atoms with E-state index in [1.54, 1.807) is 6.20 Å². The Hall–Kier alpha value is -2.29. The van der Waals surface area contributed by atoms with Gasteiger partial charge in [-0.1, -0.05) is 0 Å². The van der Waals surface area contributed by atoms with Gasteiger partial charge < -0.3 is 0 Å². The van der Waals surface area contributed by atoms with Crippen molar-refractivity contribution in [3.05, 3.63) is 46.4 Å². The Balaban J connectivity index is 2.03. The van der Waals surface area contributed by atoms with E-state index in [1.165, 1.54) is 23.1 Å². The lowest BCUT2D eigenvalue weighted by molar-refractivity contribution is -0.137. The van der Waals surface area contributed by atoms with Crippen LogP contribution in [0.15, 0.2) is 31.0 Å². The molecular formula is C11H5F3N4OS. The van der Waals surface area contributed by atoms with Gasteiger partial charge in [0, 0.05) is 18.6 Å². The van der Waals surface area contributed by atoms with Crippen molar-refractivity contribution in [2.45, 2.75) is 6.18 Å². The highest BCUT2D eigenvalue weighted by molar-refractivity contribution is 7.14. The molecular weight excluding hydrogens is 293 g/mol. The first-order chi connectivity index (χ1) is 9.47. The Labute approximate surface area is 113 Å². The number of halogens is 3. The highest BCUT2D eigenvalue weighted by atomic mass is 32.1. The number of rotatable bonds is 2. The number of carbonyl (C=O) groups excluding carboxylic acids is 1. The summed E-state index contributed by atoms with van der Waals surface area (Å²) in [6.45, 7) is 0. The number of alkyl halides is 3. The molecule has 0 bridgehead atoms. The topological polar surface area (TPSA) is 60.2 Å². The molecule has 0 unspecified atom stereocenters. The molecule has 3 aromatic rings. The average molecular weight is 298 g/mol. The van der Waals surface area contributed by atoms with Crippen molar-refractivity contribution in [2.24, 2.45) is 0 Å². The fraction of sp³-hybridized carbons (Fsp3) is 0.0909. The van der Waals surface area contributed by atoms with E-state index >= 15 is 0 Å². The van der Waals surface area contributed by atoms with Gasteiger partial charge in [0.15, 0.2) is 5.01 Å². The minimum Gasteiger partial charge on any atom is -0.287 e. The van der Waals surface area contributed by atoms with E-state index in [1.807, 2.05) is 0 Å². The molecule has 9 heteroatoms. The normalized spacial score (nSPS) is 11.9. The van der Waals surface area contributed by atoms with E-state index in [9.17, 15) is 18.0 Å². The smallest absolute Gasteiger partial charge is 0.287 e. The molecule has 0 N–H and O–H groups in total. The summed E-state index contributed by atoms with van der Waals surface area (Å²) in [7, 11) is 0. The summed E-state index contributed by atoms with van der Waals surface area (Å²) in [5, 5.41) is 2.89. The molecule has 3 heterocycles. The van der Waals surface area contributed by atoms with Crippen molar-refractivity contribution >= 4 is 22.6 Å². The van der Waals surface area contributed by atoms with Gasteiger partial charge in [-0.2, -0.15) is 18.3 Å². The van der Waals surface area contributed by atoms with E-state index in [0.29, 0.717) is 16.9 Å². The maximum absolute atomic E-state index is 12.5. The van der Waals surface area contributed by atoms with Crippen LogP contribution >= 0.6 is 11.3 Å². The van der Waals surface area contributed by atoms with Gasteiger partial charge in [-0.15, -0.1) is 11.3 Å². The lowest BCUT2D eigenvalue weighted by Crippen LogP contribution is -2.03. The molecule has 0 aliphatic carbocycles. The van der Waals surface area contributed by atoms with Crippen LogP contribution in [0.4, 0.5) is 13.2 Å². The molecule has 0 fully saturated rings. The molecule has 0 aliphatic heterocycles. The van der Waals surface area contributed by atoms with Gasteiger partial charge >= 0.3 is 6.18 Å². The van der Waals surface area contributed by atoms with Gasteiger partial charge in [0.2, 0.25) is 5.78 Å². The first-order valence-corrected chi connectivity index (χ1v) is 6.13. The number of aromatic nitrogens is 4. The summed E-state index contributed by atoms with van der Waals surface area (Å²) in [5.41, 5.74) is 0.620. The van der Waals surface area contributed by atoms with Crippen molar-refractivity contribution in [3.8, 4) is 0 Å². The van der Waals surface area contributed by atoms with Crippen LogP contribution in [-0.4, -0.2) is 25.4 Å². The molecule has 102 valence electrons. The van der Waals surface area contributed by atoms with Gasteiger partial charge in [-0.05, 0) is 0 Å². The van der Waals surface area contributed by atoms with Crippen molar-refractivity contribution < 1.29 is 18.0 Å². The Bertz CT molecular complexity index is 792. The van der Waals surface area contributed by atoms with Crippen LogP contribution in [0, 0.1) is 0 Å². The fourth-order valence-corrected chi connectivity index (χ4v) is 2.39. The summed E-state index contributed by atoms with van der Waals surface area (Å²) in [6.07, 6.45) is 2.13.